The molecule has 0 radical (unpaired) electrons. The maximum atomic E-state index is 3.59. The van der Waals surface area contributed by atoms with Gasteiger partial charge in [0.25, 0.3) is 0 Å². The maximum absolute atomic E-state index is 3.59. The molecule has 0 aliphatic heterocycles. The molecule has 0 amide bonds. The summed E-state index contributed by atoms with van der Waals surface area (Å²) in [4.78, 5) is 1.16. The predicted molar refractivity (Wildman–Crippen MR) is 38.6 cm³/mol. The minimum absolute atomic E-state index is 1.04. The Hall–Kier alpha value is 1.34. The van der Waals surface area contributed by atoms with Gasteiger partial charge in [-0.3, -0.25) is 0 Å². The van der Waals surface area contributed by atoms with Gasteiger partial charge in [0.15, 0.2) is 0 Å². The van der Waals surface area contributed by atoms with Crippen molar-refractivity contribution in [1.29, 1.82) is 0 Å². The van der Waals surface area contributed by atoms with E-state index in [9.17, 15) is 0 Å². The van der Waals surface area contributed by atoms with E-state index in [0.29, 0.717) is 0 Å². The van der Waals surface area contributed by atoms with Gasteiger partial charge in [0.1, 0.15) is 0 Å². The van der Waals surface area contributed by atoms with Crippen LogP contribution >= 0.6 is 27.1 Å². The Kier molecular flexibility index (Phi) is 5.50. The Morgan fingerprint density at radius 2 is 2.17 bits per heavy atom. The molecule has 34 valence electrons. The van der Waals surface area contributed by atoms with Crippen molar-refractivity contribution in [2.24, 2.45) is 0 Å². The van der Waals surface area contributed by atoms with E-state index in [-0.39, 0.29) is 0 Å². The molecular formula is C3H5Br2Ga. The van der Waals surface area contributed by atoms with E-state index >= 15 is 0 Å². The van der Waals surface area contributed by atoms with Crippen molar-refractivity contribution < 1.29 is 0 Å². The number of hydrogen-bond acceptors (Lipinski definition) is 0. The molecule has 0 aromatic heterocycles. The van der Waals surface area contributed by atoms with Crippen LogP contribution in [-0.4, -0.2) is 12.3 Å². The molecule has 0 aromatic rings. The molecular weight excluding hydrogens is 266 g/mol. The van der Waals surface area contributed by atoms with Gasteiger partial charge in [-0.05, 0) is 0 Å². The molecule has 0 unspecified atom stereocenters. The molecule has 0 saturated heterocycles. The Bertz CT molecular complexity index is 44.1. The Morgan fingerprint density at radius 1 is 1.67 bits per heavy atom. The SMILES string of the molecule is C=C[CH2][Ga]([Br])[Br]. The molecule has 0 aromatic carbocycles. The van der Waals surface area contributed by atoms with Crippen molar-refractivity contribution in [3.63, 3.8) is 0 Å². The fourth-order valence-corrected chi connectivity index (χ4v) is 3.40. The van der Waals surface area contributed by atoms with Crippen molar-refractivity contribution in [1.82, 2.24) is 0 Å². The molecule has 0 N–H and O–H groups in total. The minimum atomic E-state index is -1.04. The molecule has 6 heavy (non-hydrogen) atoms. The van der Waals surface area contributed by atoms with Crippen LogP contribution in [-0.2, 0) is 0 Å². The van der Waals surface area contributed by atoms with E-state index in [2.05, 4.69) is 33.7 Å². The third-order valence-electron chi connectivity index (χ3n) is 0.345. The molecule has 0 nitrogen and oxygen atoms in total. The topological polar surface area (TPSA) is 0 Å². The zero-order valence-corrected chi connectivity index (χ0v) is 8.92. The molecule has 0 spiro atoms. The number of rotatable bonds is 2. The van der Waals surface area contributed by atoms with Crippen molar-refractivity contribution >= 4 is 39.4 Å². The Morgan fingerprint density at radius 3 is 2.17 bits per heavy atom. The van der Waals surface area contributed by atoms with Gasteiger partial charge in [-0.25, -0.2) is 0 Å². The molecule has 0 bridgehead atoms. The number of allylic oxidation sites excluding steroid dienone is 1. The first-order valence-corrected chi connectivity index (χ1v) is 14.7. The first-order chi connectivity index (χ1) is 2.77. The molecule has 0 rings (SSSR count). The molecule has 0 atom stereocenters. The second kappa shape index (κ2) is 4.49. The molecule has 0 heterocycles. The summed E-state index contributed by atoms with van der Waals surface area (Å²) in [7, 11) is 0. The van der Waals surface area contributed by atoms with Gasteiger partial charge >= 0.3 is 57.0 Å². The predicted octanol–water partition coefficient (Wildman–Crippen LogP) is 2.45. The second-order valence-electron chi connectivity index (χ2n) is 0.915. The number of hydrogen-bond donors (Lipinski definition) is 0. The molecule has 0 aliphatic rings. The van der Waals surface area contributed by atoms with Gasteiger partial charge in [-0.15, -0.1) is 0 Å². The van der Waals surface area contributed by atoms with E-state index in [4.69, 9.17) is 0 Å². The first kappa shape index (κ1) is 7.34. The molecule has 0 saturated carbocycles. The zero-order valence-electron chi connectivity index (χ0n) is 3.32. The van der Waals surface area contributed by atoms with Crippen molar-refractivity contribution in [3.05, 3.63) is 12.7 Å². The Labute approximate surface area is 56.7 Å². The summed E-state index contributed by atoms with van der Waals surface area (Å²) >= 11 is 5.90. The van der Waals surface area contributed by atoms with Crippen LogP contribution in [0.1, 0.15) is 0 Å². The van der Waals surface area contributed by atoms with E-state index in [1.165, 1.54) is 0 Å². The van der Waals surface area contributed by atoms with Crippen molar-refractivity contribution in [2.75, 3.05) is 0 Å². The molecule has 0 fully saturated rings. The van der Waals surface area contributed by atoms with E-state index < -0.39 is 12.3 Å². The monoisotopic (exact) mass is 268 g/mol. The van der Waals surface area contributed by atoms with Crippen LogP contribution in [0, 0.1) is 0 Å². The molecule has 0 aliphatic carbocycles. The van der Waals surface area contributed by atoms with Gasteiger partial charge in [0.2, 0.25) is 0 Å². The zero-order chi connectivity index (χ0) is 4.99. The standard InChI is InChI=1S/C3H5.2BrH.Ga/c1-3-2;;;/h3H,1-2H2;2*1H;/q;;;+2/p-2. The van der Waals surface area contributed by atoms with E-state index in [1.807, 2.05) is 6.08 Å². The van der Waals surface area contributed by atoms with Crippen molar-refractivity contribution in [2.45, 2.75) is 4.98 Å². The Balaban J connectivity index is 2.81. The van der Waals surface area contributed by atoms with Crippen LogP contribution in [0.2, 0.25) is 4.98 Å². The van der Waals surface area contributed by atoms with Crippen LogP contribution in [0.3, 0.4) is 0 Å². The summed E-state index contributed by atoms with van der Waals surface area (Å²) in [5, 5.41) is 0. The number of halogens is 2. The van der Waals surface area contributed by atoms with Gasteiger partial charge in [0.05, 0.1) is 0 Å². The first-order valence-electron chi connectivity index (χ1n) is 1.66. The fourth-order valence-electron chi connectivity index (χ4n) is 0.126. The fraction of sp³-hybridized carbons (Fsp3) is 0.333. The van der Waals surface area contributed by atoms with Crippen molar-refractivity contribution in [3.8, 4) is 0 Å². The van der Waals surface area contributed by atoms with E-state index in [0.717, 1.165) is 4.98 Å². The van der Waals surface area contributed by atoms with Gasteiger partial charge < -0.3 is 0 Å². The quantitative estimate of drug-likeness (QED) is 0.534. The van der Waals surface area contributed by atoms with Crippen LogP contribution in [0.4, 0.5) is 0 Å². The average Bonchev–Trinajstić information content (AvgIpc) is 1.35. The molecule has 3 heteroatoms. The summed E-state index contributed by atoms with van der Waals surface area (Å²) in [5.41, 5.74) is 0. The van der Waals surface area contributed by atoms with Crippen LogP contribution in [0.15, 0.2) is 12.7 Å². The third kappa shape index (κ3) is 5.34. The van der Waals surface area contributed by atoms with Gasteiger partial charge in [0, 0.05) is 0 Å². The van der Waals surface area contributed by atoms with E-state index in [1.54, 1.807) is 0 Å². The van der Waals surface area contributed by atoms with Crippen LogP contribution in [0.25, 0.3) is 0 Å². The average molecular weight is 271 g/mol. The second-order valence-corrected chi connectivity index (χ2v) is 21.4. The summed E-state index contributed by atoms with van der Waals surface area (Å²) in [5.74, 6) is 0. The summed E-state index contributed by atoms with van der Waals surface area (Å²) < 4.78 is 0. The summed E-state index contributed by atoms with van der Waals surface area (Å²) in [6.45, 7) is 3.59. The van der Waals surface area contributed by atoms with Crippen LogP contribution in [0.5, 0.6) is 0 Å². The third-order valence-corrected chi connectivity index (χ3v) is 5.68. The summed E-state index contributed by atoms with van der Waals surface area (Å²) in [6.07, 6.45) is 1.94. The normalized spacial score (nSPS) is 7.67. The van der Waals surface area contributed by atoms with Gasteiger partial charge in [-0.2, -0.15) is 0 Å². The van der Waals surface area contributed by atoms with Crippen LogP contribution < -0.4 is 0 Å². The van der Waals surface area contributed by atoms with Gasteiger partial charge in [-0.1, -0.05) is 0 Å². The summed E-state index contributed by atoms with van der Waals surface area (Å²) in [6, 6.07) is 0.